The Kier molecular flexibility index (Phi) is 4.87. The molecule has 1 N–H and O–H groups in total. The second-order valence-electron chi connectivity index (χ2n) is 4.39. The van der Waals surface area contributed by atoms with E-state index in [0.29, 0.717) is 15.2 Å². The summed E-state index contributed by atoms with van der Waals surface area (Å²) in [4.78, 5) is 14.6. The fourth-order valence-corrected chi connectivity index (χ4v) is 3.58. The molecule has 0 radical (unpaired) electrons. The number of anilines is 2. The molecule has 10 heteroatoms. The first-order chi connectivity index (χ1) is 11.7. The lowest BCUT2D eigenvalue weighted by Crippen LogP contribution is -1.93. The summed E-state index contributed by atoms with van der Waals surface area (Å²) >= 11 is 2.38. The maximum Gasteiger partial charge on any atom is 0.301 e. The van der Waals surface area contributed by atoms with Gasteiger partial charge in [0.2, 0.25) is 5.13 Å². The molecule has 0 bridgehead atoms. The minimum Gasteiger partial charge on any atom is -0.495 e. The smallest absolute Gasteiger partial charge is 0.301 e. The van der Waals surface area contributed by atoms with Gasteiger partial charge in [-0.2, -0.15) is 0 Å². The second kappa shape index (κ2) is 7.23. The predicted molar refractivity (Wildman–Crippen MR) is 91.2 cm³/mol. The first-order valence-electron chi connectivity index (χ1n) is 6.68. The van der Waals surface area contributed by atoms with Crippen LogP contribution in [0, 0.1) is 10.1 Å². The van der Waals surface area contributed by atoms with Crippen molar-refractivity contribution >= 4 is 39.6 Å². The summed E-state index contributed by atoms with van der Waals surface area (Å²) in [6, 6.07) is 10.4. The van der Waals surface area contributed by atoms with Crippen LogP contribution < -0.4 is 10.1 Å². The van der Waals surface area contributed by atoms with Crippen LogP contribution in [0.25, 0.3) is 0 Å². The number of ether oxygens (including phenoxy) is 1. The third kappa shape index (κ3) is 3.60. The Bertz CT molecular complexity index is 871. The van der Waals surface area contributed by atoms with E-state index in [9.17, 15) is 10.1 Å². The van der Waals surface area contributed by atoms with Crippen LogP contribution in [-0.4, -0.2) is 27.2 Å². The van der Waals surface area contributed by atoms with Gasteiger partial charge in [-0.15, -0.1) is 10.2 Å². The van der Waals surface area contributed by atoms with Crippen LogP contribution in [0.2, 0.25) is 0 Å². The van der Waals surface area contributed by atoms with E-state index in [0.717, 1.165) is 17.4 Å². The Morgan fingerprint density at radius 3 is 2.88 bits per heavy atom. The van der Waals surface area contributed by atoms with Gasteiger partial charge in [-0.1, -0.05) is 23.5 Å². The van der Waals surface area contributed by atoms with E-state index in [-0.39, 0.29) is 10.7 Å². The maximum absolute atomic E-state index is 11.0. The van der Waals surface area contributed by atoms with E-state index in [4.69, 9.17) is 4.74 Å². The van der Waals surface area contributed by atoms with E-state index in [1.165, 1.54) is 29.7 Å². The highest BCUT2D eigenvalue weighted by molar-refractivity contribution is 8.01. The van der Waals surface area contributed by atoms with Gasteiger partial charge in [0.25, 0.3) is 0 Å². The van der Waals surface area contributed by atoms with Crippen LogP contribution in [0.5, 0.6) is 5.75 Å². The van der Waals surface area contributed by atoms with Crippen molar-refractivity contribution < 1.29 is 9.66 Å². The lowest BCUT2D eigenvalue weighted by molar-refractivity contribution is -0.388. The van der Waals surface area contributed by atoms with Gasteiger partial charge in [-0.05, 0) is 30.0 Å². The third-order valence-electron chi connectivity index (χ3n) is 2.89. The van der Waals surface area contributed by atoms with Gasteiger partial charge in [0.05, 0.1) is 17.7 Å². The zero-order valence-corrected chi connectivity index (χ0v) is 14.0. The van der Waals surface area contributed by atoms with Crippen molar-refractivity contribution in [2.75, 3.05) is 12.4 Å². The molecule has 122 valence electrons. The Labute approximate surface area is 145 Å². The molecular weight excluding hydrogens is 350 g/mol. The Morgan fingerprint density at radius 2 is 2.08 bits per heavy atom. The summed E-state index contributed by atoms with van der Waals surface area (Å²) in [7, 11) is 1.59. The van der Waals surface area contributed by atoms with Crippen molar-refractivity contribution in [2.24, 2.45) is 0 Å². The van der Waals surface area contributed by atoms with Crippen LogP contribution in [0.15, 0.2) is 52.0 Å². The largest absolute Gasteiger partial charge is 0.495 e. The van der Waals surface area contributed by atoms with Crippen LogP contribution >= 0.6 is 23.1 Å². The highest BCUT2D eigenvalue weighted by Gasteiger charge is 2.18. The molecule has 0 saturated heterocycles. The number of methoxy groups -OCH3 is 1. The van der Waals surface area contributed by atoms with Crippen LogP contribution in [0.4, 0.5) is 16.5 Å². The van der Waals surface area contributed by atoms with Gasteiger partial charge in [-0.3, -0.25) is 10.1 Å². The van der Waals surface area contributed by atoms with Gasteiger partial charge in [0, 0.05) is 12.3 Å². The summed E-state index contributed by atoms with van der Waals surface area (Å²) < 4.78 is 5.82. The lowest BCUT2D eigenvalue weighted by Gasteiger charge is -2.07. The van der Waals surface area contributed by atoms with E-state index in [1.807, 2.05) is 24.3 Å². The molecular formula is C14H11N5O3S2. The SMILES string of the molecule is COc1ccccc1Nc1nnc(Sc2ncccc2[N+](=O)[O-])s1. The van der Waals surface area contributed by atoms with E-state index in [1.54, 1.807) is 7.11 Å². The lowest BCUT2D eigenvalue weighted by atomic mass is 10.3. The Balaban J connectivity index is 1.78. The molecule has 3 aromatic rings. The van der Waals surface area contributed by atoms with Gasteiger partial charge in [0.15, 0.2) is 9.37 Å². The molecule has 1 aromatic carbocycles. The third-order valence-corrected chi connectivity index (χ3v) is 4.78. The number of para-hydroxylation sites is 2. The first-order valence-corrected chi connectivity index (χ1v) is 8.31. The minimum atomic E-state index is -0.468. The molecule has 2 heterocycles. The van der Waals surface area contributed by atoms with E-state index < -0.39 is 4.92 Å². The van der Waals surface area contributed by atoms with Crippen LogP contribution in [0.3, 0.4) is 0 Å². The number of hydrogen-bond donors (Lipinski definition) is 1. The molecule has 0 fully saturated rings. The average molecular weight is 361 g/mol. The second-order valence-corrected chi connectivity index (χ2v) is 6.60. The molecule has 0 spiro atoms. The van der Waals surface area contributed by atoms with E-state index >= 15 is 0 Å². The fraction of sp³-hybridized carbons (Fsp3) is 0.0714. The topological polar surface area (TPSA) is 103 Å². The molecule has 8 nitrogen and oxygen atoms in total. The zero-order valence-electron chi connectivity index (χ0n) is 12.4. The van der Waals surface area contributed by atoms with Crippen molar-refractivity contribution in [3.63, 3.8) is 0 Å². The molecule has 0 unspecified atom stereocenters. The summed E-state index contributed by atoms with van der Waals surface area (Å²) in [6.45, 7) is 0. The zero-order chi connectivity index (χ0) is 16.9. The number of hydrogen-bond acceptors (Lipinski definition) is 9. The quantitative estimate of drug-likeness (QED) is 0.523. The highest BCUT2D eigenvalue weighted by Crippen LogP contribution is 2.36. The number of aromatic nitrogens is 3. The molecule has 24 heavy (non-hydrogen) atoms. The van der Waals surface area contributed by atoms with Crippen molar-refractivity contribution in [2.45, 2.75) is 9.37 Å². The van der Waals surface area contributed by atoms with E-state index in [2.05, 4.69) is 20.5 Å². The normalized spacial score (nSPS) is 10.4. The minimum absolute atomic E-state index is 0.0584. The Morgan fingerprint density at radius 1 is 1.25 bits per heavy atom. The molecule has 0 aliphatic rings. The molecule has 0 atom stereocenters. The van der Waals surface area contributed by atoms with Crippen molar-refractivity contribution in [1.82, 2.24) is 15.2 Å². The average Bonchev–Trinajstić information content (AvgIpc) is 3.02. The van der Waals surface area contributed by atoms with Gasteiger partial charge < -0.3 is 10.1 Å². The van der Waals surface area contributed by atoms with Crippen molar-refractivity contribution in [3.8, 4) is 5.75 Å². The summed E-state index contributed by atoms with van der Waals surface area (Å²) in [5.74, 6) is 0.683. The van der Waals surface area contributed by atoms with Crippen LogP contribution in [-0.2, 0) is 0 Å². The molecule has 3 rings (SSSR count). The molecule has 0 saturated carbocycles. The summed E-state index contributed by atoms with van der Waals surface area (Å²) in [5, 5.41) is 23.0. The molecule has 0 aliphatic heterocycles. The Hall–Kier alpha value is -2.72. The standard InChI is InChI=1S/C14H11N5O3S2/c1-22-11-7-3-2-5-9(11)16-13-17-18-14(24-13)23-12-10(19(20)21)6-4-8-15-12/h2-8H,1H3,(H,16,17). The summed E-state index contributed by atoms with van der Waals surface area (Å²) in [6.07, 6.45) is 1.50. The van der Waals surface area contributed by atoms with Gasteiger partial charge in [0.1, 0.15) is 5.75 Å². The van der Waals surface area contributed by atoms with Gasteiger partial charge >= 0.3 is 5.69 Å². The summed E-state index contributed by atoms with van der Waals surface area (Å²) in [5.41, 5.74) is 0.702. The highest BCUT2D eigenvalue weighted by atomic mass is 32.2. The molecule has 2 aromatic heterocycles. The predicted octanol–water partition coefficient (Wildman–Crippen LogP) is 3.74. The number of nitrogens with one attached hydrogen (secondary N) is 1. The molecule has 0 amide bonds. The number of nitro groups is 1. The fourth-order valence-electron chi connectivity index (χ4n) is 1.85. The van der Waals surface area contributed by atoms with Gasteiger partial charge in [-0.25, -0.2) is 4.98 Å². The van der Waals surface area contributed by atoms with Crippen molar-refractivity contribution in [3.05, 3.63) is 52.7 Å². The number of benzene rings is 1. The van der Waals surface area contributed by atoms with Crippen LogP contribution in [0.1, 0.15) is 0 Å². The molecule has 0 aliphatic carbocycles. The maximum atomic E-state index is 11.0. The number of rotatable bonds is 6. The number of nitrogens with zero attached hydrogens (tertiary/aromatic N) is 4. The van der Waals surface area contributed by atoms with Crippen molar-refractivity contribution in [1.29, 1.82) is 0 Å². The number of pyridine rings is 1. The monoisotopic (exact) mass is 361 g/mol. The first kappa shape index (κ1) is 16.1.